The molecule has 248 valence electrons. The molecule has 9 rings (SSSR count). The normalized spacial score (nSPS) is 15.4. The van der Waals surface area contributed by atoms with Crippen LogP contribution in [0.15, 0.2) is 206 Å². The van der Waals surface area contributed by atoms with Gasteiger partial charge in [0.25, 0.3) is 0 Å². The summed E-state index contributed by atoms with van der Waals surface area (Å²) in [6.45, 7) is 6.49. The molecule has 1 aliphatic rings. The molecule has 0 fully saturated rings. The van der Waals surface area contributed by atoms with Crippen molar-refractivity contribution in [3.05, 3.63) is 229 Å². The lowest BCUT2D eigenvalue weighted by atomic mass is 9.67. The van der Waals surface area contributed by atoms with Gasteiger partial charge in [-0.05, 0) is 100.0 Å². The lowest BCUT2D eigenvalue weighted by molar-refractivity contribution is 0.762. The standard InChI is InChI=1S/C50H37NS/c1-3-15-42-43-20-11-13-22-47(43)50(46(42)4-2,37-18-9-6-10-19-37)38-26-30-40(31-27-38)51(39-28-24-36(25-29-39)35-16-7-5-8-17-35)41-32-33-49-45(34-41)44-21-12-14-23-48(44)52-49/h3-34H,2H2,1H3/b15-3-. The molecule has 0 amide bonds. The molecule has 0 saturated heterocycles. The Hall–Kier alpha value is -6.22. The maximum atomic E-state index is 4.40. The van der Waals surface area contributed by atoms with Crippen LogP contribution in [0.3, 0.4) is 0 Å². The summed E-state index contributed by atoms with van der Waals surface area (Å²) in [5, 5.41) is 2.58. The number of hydrogen-bond acceptors (Lipinski definition) is 2. The Balaban J connectivity index is 1.23. The van der Waals surface area contributed by atoms with Crippen molar-refractivity contribution in [2.24, 2.45) is 0 Å². The van der Waals surface area contributed by atoms with Gasteiger partial charge in [0.05, 0.1) is 5.41 Å². The fraction of sp³-hybridized carbons (Fsp3) is 0.0400. The van der Waals surface area contributed by atoms with Crippen molar-refractivity contribution < 1.29 is 0 Å². The van der Waals surface area contributed by atoms with Gasteiger partial charge in [0.15, 0.2) is 0 Å². The van der Waals surface area contributed by atoms with E-state index in [0.29, 0.717) is 0 Å². The van der Waals surface area contributed by atoms with Crippen LogP contribution in [0.4, 0.5) is 17.1 Å². The number of thiophene rings is 1. The Labute approximate surface area is 309 Å². The lowest BCUT2D eigenvalue weighted by Gasteiger charge is -2.35. The number of allylic oxidation sites excluding steroid dienone is 5. The van der Waals surface area contributed by atoms with E-state index in [9.17, 15) is 0 Å². The highest BCUT2D eigenvalue weighted by atomic mass is 32.1. The molecule has 0 aliphatic heterocycles. The molecule has 1 heterocycles. The average Bonchev–Trinajstić information content (AvgIpc) is 3.72. The van der Waals surface area contributed by atoms with Crippen molar-refractivity contribution in [3.8, 4) is 11.1 Å². The van der Waals surface area contributed by atoms with Gasteiger partial charge in [-0.2, -0.15) is 0 Å². The van der Waals surface area contributed by atoms with Gasteiger partial charge in [-0.1, -0.05) is 152 Å². The lowest BCUT2D eigenvalue weighted by Crippen LogP contribution is -2.29. The summed E-state index contributed by atoms with van der Waals surface area (Å²) in [4.78, 5) is 2.39. The second kappa shape index (κ2) is 13.2. The summed E-state index contributed by atoms with van der Waals surface area (Å²) in [6.07, 6.45) is 6.44. The summed E-state index contributed by atoms with van der Waals surface area (Å²) in [7, 11) is 0. The highest BCUT2D eigenvalue weighted by Crippen LogP contribution is 2.55. The molecular formula is C50H37NS. The maximum absolute atomic E-state index is 4.40. The van der Waals surface area contributed by atoms with Gasteiger partial charge in [0, 0.05) is 37.2 Å². The Morgan fingerprint density at radius 2 is 1.12 bits per heavy atom. The zero-order valence-corrected chi connectivity index (χ0v) is 29.9. The molecule has 7 aromatic carbocycles. The second-order valence-electron chi connectivity index (χ2n) is 13.3. The number of fused-ring (bicyclic) bond motifs is 4. The van der Waals surface area contributed by atoms with Crippen LogP contribution in [0.25, 0.3) is 36.9 Å². The summed E-state index contributed by atoms with van der Waals surface area (Å²) in [5.74, 6) is 0. The molecule has 0 N–H and O–H groups in total. The van der Waals surface area contributed by atoms with E-state index >= 15 is 0 Å². The second-order valence-corrected chi connectivity index (χ2v) is 14.4. The molecule has 2 heteroatoms. The molecule has 8 aromatic rings. The first-order valence-electron chi connectivity index (χ1n) is 17.8. The third-order valence-corrected chi connectivity index (χ3v) is 11.6. The Bertz CT molecular complexity index is 2630. The minimum atomic E-state index is -0.510. The minimum absolute atomic E-state index is 0.510. The first-order chi connectivity index (χ1) is 25.7. The molecule has 1 aliphatic carbocycles. The minimum Gasteiger partial charge on any atom is -0.310 e. The van der Waals surface area contributed by atoms with Crippen LogP contribution in [-0.4, -0.2) is 0 Å². The average molecular weight is 684 g/mol. The number of rotatable bonds is 8. The first-order valence-corrected chi connectivity index (χ1v) is 18.6. The molecule has 1 aromatic heterocycles. The zero-order chi connectivity index (χ0) is 35.1. The van der Waals surface area contributed by atoms with E-state index in [1.54, 1.807) is 0 Å². The van der Waals surface area contributed by atoms with E-state index in [-0.39, 0.29) is 0 Å². The van der Waals surface area contributed by atoms with Crippen LogP contribution in [0.5, 0.6) is 0 Å². The first kappa shape index (κ1) is 31.7. The van der Waals surface area contributed by atoms with Crippen LogP contribution >= 0.6 is 11.3 Å². The summed E-state index contributed by atoms with van der Waals surface area (Å²) in [6, 6.07) is 64.1. The van der Waals surface area contributed by atoms with E-state index in [1.807, 2.05) is 11.3 Å². The highest BCUT2D eigenvalue weighted by molar-refractivity contribution is 7.25. The van der Waals surface area contributed by atoms with Crippen LogP contribution in [0.1, 0.15) is 29.2 Å². The smallest absolute Gasteiger partial charge is 0.0713 e. The summed E-state index contributed by atoms with van der Waals surface area (Å²) < 4.78 is 2.61. The Kier molecular flexibility index (Phi) is 8.03. The van der Waals surface area contributed by atoms with E-state index in [2.05, 4.69) is 213 Å². The van der Waals surface area contributed by atoms with Gasteiger partial charge in [-0.25, -0.2) is 0 Å². The van der Waals surface area contributed by atoms with Gasteiger partial charge >= 0.3 is 0 Å². The predicted octanol–water partition coefficient (Wildman–Crippen LogP) is 14.1. The molecule has 1 atom stereocenters. The molecular weight excluding hydrogens is 647 g/mol. The summed E-state index contributed by atoms with van der Waals surface area (Å²) in [5.41, 5.74) is 12.6. The van der Waals surface area contributed by atoms with Crippen molar-refractivity contribution in [1.82, 2.24) is 0 Å². The van der Waals surface area contributed by atoms with Gasteiger partial charge in [0.2, 0.25) is 0 Å². The molecule has 0 radical (unpaired) electrons. The highest BCUT2D eigenvalue weighted by Gasteiger charge is 2.46. The van der Waals surface area contributed by atoms with Crippen molar-refractivity contribution in [1.29, 1.82) is 0 Å². The van der Waals surface area contributed by atoms with Crippen LogP contribution in [0, 0.1) is 0 Å². The van der Waals surface area contributed by atoms with Crippen molar-refractivity contribution >= 4 is 54.1 Å². The molecule has 0 saturated carbocycles. The van der Waals surface area contributed by atoms with E-state index in [0.717, 1.165) is 17.1 Å². The monoisotopic (exact) mass is 683 g/mol. The molecule has 52 heavy (non-hydrogen) atoms. The fourth-order valence-corrected chi connectivity index (χ4v) is 9.30. The largest absolute Gasteiger partial charge is 0.310 e. The molecule has 0 spiro atoms. The number of nitrogens with zero attached hydrogens (tertiary/aromatic N) is 1. The Morgan fingerprint density at radius 1 is 0.538 bits per heavy atom. The Morgan fingerprint density at radius 3 is 1.85 bits per heavy atom. The van der Waals surface area contributed by atoms with Crippen molar-refractivity contribution in [3.63, 3.8) is 0 Å². The number of anilines is 3. The quantitative estimate of drug-likeness (QED) is 0.154. The van der Waals surface area contributed by atoms with E-state index in [4.69, 9.17) is 0 Å². The van der Waals surface area contributed by atoms with E-state index < -0.39 is 5.41 Å². The fourth-order valence-electron chi connectivity index (χ4n) is 8.22. The molecule has 1 unspecified atom stereocenters. The SMILES string of the molecule is C=CC1=C(/C=C\C)c2ccccc2C1(c1ccccc1)c1ccc(N(c2ccc(-c3ccccc3)cc2)c2ccc3sc4ccccc4c3c2)cc1. The third kappa shape index (κ3) is 5.06. The zero-order valence-electron chi connectivity index (χ0n) is 29.0. The molecule has 1 nitrogen and oxygen atoms in total. The third-order valence-electron chi connectivity index (χ3n) is 10.5. The summed E-state index contributed by atoms with van der Waals surface area (Å²) >= 11 is 1.85. The van der Waals surface area contributed by atoms with Crippen LogP contribution in [-0.2, 0) is 5.41 Å². The predicted molar refractivity (Wildman–Crippen MR) is 224 cm³/mol. The maximum Gasteiger partial charge on any atom is 0.0713 e. The van der Waals surface area contributed by atoms with Crippen LogP contribution in [0.2, 0.25) is 0 Å². The van der Waals surface area contributed by atoms with Crippen LogP contribution < -0.4 is 4.90 Å². The topological polar surface area (TPSA) is 3.24 Å². The van der Waals surface area contributed by atoms with Gasteiger partial charge in [-0.3, -0.25) is 0 Å². The van der Waals surface area contributed by atoms with Gasteiger partial charge in [0.1, 0.15) is 0 Å². The van der Waals surface area contributed by atoms with Gasteiger partial charge in [-0.15, -0.1) is 11.3 Å². The van der Waals surface area contributed by atoms with Crippen molar-refractivity contribution in [2.45, 2.75) is 12.3 Å². The molecule has 0 bridgehead atoms. The number of benzene rings is 7. The number of hydrogen-bond donors (Lipinski definition) is 0. The van der Waals surface area contributed by atoms with Gasteiger partial charge < -0.3 is 4.90 Å². The van der Waals surface area contributed by atoms with Crippen molar-refractivity contribution in [2.75, 3.05) is 4.90 Å². The van der Waals surface area contributed by atoms with E-state index in [1.165, 1.54) is 64.7 Å².